The van der Waals surface area contributed by atoms with E-state index in [9.17, 15) is 19.1 Å². The first-order valence-electron chi connectivity index (χ1n) is 12.1. The summed E-state index contributed by atoms with van der Waals surface area (Å²) >= 11 is 0. The molecule has 0 aliphatic heterocycles. The second-order valence-electron chi connectivity index (χ2n) is 9.33. The van der Waals surface area contributed by atoms with Crippen molar-refractivity contribution < 1.29 is 33.3 Å². The number of phenolic OH excluding ortho intramolecular Hbond substituents is 1. The van der Waals surface area contributed by atoms with Crippen LogP contribution in [0.15, 0.2) is 66.9 Å². The van der Waals surface area contributed by atoms with Gasteiger partial charge in [-0.05, 0) is 48.7 Å². The summed E-state index contributed by atoms with van der Waals surface area (Å²) in [7, 11) is 3.13. The second kappa shape index (κ2) is 10.1. The van der Waals surface area contributed by atoms with Gasteiger partial charge < -0.3 is 19.3 Å². The van der Waals surface area contributed by atoms with E-state index in [-0.39, 0.29) is 30.2 Å². The summed E-state index contributed by atoms with van der Waals surface area (Å²) in [5, 5.41) is 10.7. The van der Waals surface area contributed by atoms with Crippen LogP contribution < -0.4 is 14.2 Å². The Morgan fingerprint density at radius 3 is 2.24 bits per heavy atom. The number of methoxy groups -OCH3 is 2. The van der Waals surface area contributed by atoms with Crippen LogP contribution in [0.2, 0.25) is 0 Å². The SMILES string of the molecule is COc1cc2nccc(Oc3ccc(CC(=O)C4(C(=O)Cc5ccc(F)cc5O)CC4)cc3)c2cc1OC. The zero-order chi connectivity index (χ0) is 26.9. The molecule has 8 heteroatoms. The molecule has 0 bridgehead atoms. The molecule has 0 spiro atoms. The molecule has 0 unspecified atom stereocenters. The van der Waals surface area contributed by atoms with Gasteiger partial charge in [0.05, 0.1) is 25.2 Å². The molecule has 7 nitrogen and oxygen atoms in total. The fraction of sp³-hybridized carbons (Fsp3) is 0.233. The summed E-state index contributed by atoms with van der Waals surface area (Å²) in [5.74, 6) is 1.03. The summed E-state index contributed by atoms with van der Waals surface area (Å²) in [4.78, 5) is 30.4. The summed E-state index contributed by atoms with van der Waals surface area (Å²) < 4.78 is 30.1. The fourth-order valence-electron chi connectivity index (χ4n) is 4.56. The van der Waals surface area contributed by atoms with E-state index in [0.717, 1.165) is 17.0 Å². The minimum atomic E-state index is -1.04. The van der Waals surface area contributed by atoms with Crippen LogP contribution in [0.1, 0.15) is 24.0 Å². The van der Waals surface area contributed by atoms with Crippen molar-refractivity contribution in [2.75, 3.05) is 14.2 Å². The highest BCUT2D eigenvalue weighted by Gasteiger charge is 2.54. The standard InChI is InChI=1S/C30H26FNO6/c1-36-26-16-22-23(17-27(26)37-2)32-12-9-25(22)38-21-7-3-18(4-8-21)13-28(34)30(10-11-30)29(35)14-19-5-6-20(31)15-24(19)33/h3-9,12,15-17,33H,10-11,13-14H2,1-2H3. The monoisotopic (exact) mass is 515 g/mol. The van der Waals surface area contributed by atoms with Crippen molar-refractivity contribution >= 4 is 22.5 Å². The summed E-state index contributed by atoms with van der Waals surface area (Å²) in [5.41, 5.74) is 0.732. The lowest BCUT2D eigenvalue weighted by Gasteiger charge is -2.14. The van der Waals surface area contributed by atoms with E-state index in [1.54, 1.807) is 62.9 Å². The first-order valence-corrected chi connectivity index (χ1v) is 12.1. The van der Waals surface area contributed by atoms with E-state index in [1.807, 2.05) is 0 Å². The normalized spacial score (nSPS) is 13.7. The van der Waals surface area contributed by atoms with Crippen molar-refractivity contribution in [1.82, 2.24) is 4.98 Å². The lowest BCUT2D eigenvalue weighted by molar-refractivity contribution is -0.133. The van der Waals surface area contributed by atoms with Crippen LogP contribution in [0.4, 0.5) is 4.39 Å². The summed E-state index contributed by atoms with van der Waals surface area (Å²) in [6, 6.07) is 16.0. The van der Waals surface area contributed by atoms with E-state index in [1.165, 1.54) is 12.1 Å². The Hall–Kier alpha value is -4.46. The minimum absolute atomic E-state index is 0.108. The Bertz CT molecular complexity index is 1530. The number of ketones is 2. The molecular formula is C30H26FNO6. The number of carbonyl (C=O) groups is 2. The first-order chi connectivity index (χ1) is 18.3. The third kappa shape index (κ3) is 4.89. The van der Waals surface area contributed by atoms with E-state index in [4.69, 9.17) is 14.2 Å². The maximum atomic E-state index is 13.3. The van der Waals surface area contributed by atoms with Gasteiger partial charge >= 0.3 is 0 Å². The van der Waals surface area contributed by atoms with Crippen molar-refractivity contribution in [2.45, 2.75) is 25.7 Å². The van der Waals surface area contributed by atoms with Crippen LogP contribution in [0, 0.1) is 11.2 Å². The molecule has 0 radical (unpaired) electrons. The number of hydrogen-bond acceptors (Lipinski definition) is 7. The van der Waals surface area contributed by atoms with Gasteiger partial charge in [-0.3, -0.25) is 14.6 Å². The average Bonchev–Trinajstić information content (AvgIpc) is 3.73. The topological polar surface area (TPSA) is 95.0 Å². The number of fused-ring (bicyclic) bond motifs is 1. The molecule has 38 heavy (non-hydrogen) atoms. The Balaban J connectivity index is 1.27. The zero-order valence-corrected chi connectivity index (χ0v) is 21.0. The predicted molar refractivity (Wildman–Crippen MR) is 139 cm³/mol. The number of rotatable bonds is 10. The van der Waals surface area contributed by atoms with Crippen molar-refractivity contribution in [3.8, 4) is 28.7 Å². The highest BCUT2D eigenvalue weighted by atomic mass is 19.1. The molecule has 1 aliphatic rings. The van der Waals surface area contributed by atoms with E-state index in [2.05, 4.69) is 4.98 Å². The summed E-state index contributed by atoms with van der Waals surface area (Å²) in [6.45, 7) is 0. The Morgan fingerprint density at radius 2 is 1.58 bits per heavy atom. The largest absolute Gasteiger partial charge is 0.508 e. The van der Waals surface area contributed by atoms with Gasteiger partial charge in [-0.2, -0.15) is 0 Å². The predicted octanol–water partition coefficient (Wildman–Crippen LogP) is 5.59. The molecule has 1 heterocycles. The number of halogens is 1. The van der Waals surface area contributed by atoms with Crippen LogP contribution in [-0.4, -0.2) is 35.9 Å². The quantitative estimate of drug-likeness (QED) is 0.275. The molecule has 1 saturated carbocycles. The van der Waals surface area contributed by atoms with Crippen molar-refractivity contribution in [3.05, 3.63) is 83.8 Å². The molecule has 4 aromatic rings. The Kier molecular flexibility index (Phi) is 6.72. The molecular weight excluding hydrogens is 489 g/mol. The van der Waals surface area contributed by atoms with Crippen LogP contribution in [0.5, 0.6) is 28.7 Å². The van der Waals surface area contributed by atoms with E-state index >= 15 is 0 Å². The number of hydrogen-bond donors (Lipinski definition) is 1. The van der Waals surface area contributed by atoms with Gasteiger partial charge in [0.25, 0.3) is 0 Å². The van der Waals surface area contributed by atoms with Crippen molar-refractivity contribution in [3.63, 3.8) is 0 Å². The van der Waals surface area contributed by atoms with E-state index in [0.29, 0.717) is 46.9 Å². The second-order valence-corrected chi connectivity index (χ2v) is 9.33. The molecule has 0 amide bonds. The van der Waals surface area contributed by atoms with Gasteiger partial charge in [0.2, 0.25) is 0 Å². The number of aromatic nitrogens is 1. The number of ether oxygens (including phenoxy) is 3. The smallest absolute Gasteiger partial charge is 0.162 e. The van der Waals surface area contributed by atoms with Gasteiger partial charge in [-0.15, -0.1) is 0 Å². The number of Topliss-reactive ketones (excluding diaryl/α,β-unsaturated/α-hetero) is 2. The number of benzene rings is 3. The molecule has 0 atom stereocenters. The number of aromatic hydroxyl groups is 1. The van der Waals surface area contributed by atoms with E-state index < -0.39 is 11.2 Å². The molecule has 1 aromatic heterocycles. The number of phenols is 1. The Labute approximate surface area is 218 Å². The maximum Gasteiger partial charge on any atom is 0.162 e. The lowest BCUT2D eigenvalue weighted by atomic mass is 9.87. The lowest BCUT2D eigenvalue weighted by Crippen LogP contribution is -2.28. The van der Waals surface area contributed by atoms with Gasteiger partial charge in [0.1, 0.15) is 23.1 Å². The van der Waals surface area contributed by atoms with Crippen LogP contribution >= 0.6 is 0 Å². The molecule has 194 valence electrons. The third-order valence-electron chi connectivity index (χ3n) is 6.94. The summed E-state index contributed by atoms with van der Waals surface area (Å²) in [6.07, 6.45) is 2.61. The number of nitrogens with zero attached hydrogens (tertiary/aromatic N) is 1. The highest BCUT2D eigenvalue weighted by Crippen LogP contribution is 2.49. The van der Waals surface area contributed by atoms with Gasteiger partial charge in [-0.25, -0.2) is 4.39 Å². The first kappa shape index (κ1) is 25.2. The maximum absolute atomic E-state index is 13.3. The third-order valence-corrected chi connectivity index (χ3v) is 6.94. The fourth-order valence-corrected chi connectivity index (χ4v) is 4.56. The Morgan fingerprint density at radius 1 is 0.895 bits per heavy atom. The van der Waals surface area contributed by atoms with Gasteiger partial charge in [0, 0.05) is 42.1 Å². The minimum Gasteiger partial charge on any atom is -0.508 e. The van der Waals surface area contributed by atoms with Crippen LogP contribution in [0.3, 0.4) is 0 Å². The van der Waals surface area contributed by atoms with Crippen LogP contribution in [-0.2, 0) is 22.4 Å². The molecule has 0 saturated heterocycles. The molecule has 3 aromatic carbocycles. The molecule has 1 N–H and O–H groups in total. The van der Waals surface area contributed by atoms with Crippen molar-refractivity contribution in [2.24, 2.45) is 5.41 Å². The van der Waals surface area contributed by atoms with Crippen molar-refractivity contribution in [1.29, 1.82) is 0 Å². The van der Waals surface area contributed by atoms with Crippen LogP contribution in [0.25, 0.3) is 10.9 Å². The number of pyridine rings is 1. The molecule has 1 aliphatic carbocycles. The average molecular weight is 516 g/mol. The molecule has 5 rings (SSSR count). The highest BCUT2D eigenvalue weighted by molar-refractivity contribution is 6.11. The van der Waals surface area contributed by atoms with Gasteiger partial charge in [-0.1, -0.05) is 18.2 Å². The van der Waals surface area contributed by atoms with Gasteiger partial charge in [0.15, 0.2) is 23.1 Å². The number of carbonyl (C=O) groups excluding carboxylic acids is 2. The molecule has 1 fully saturated rings. The zero-order valence-electron chi connectivity index (χ0n) is 21.0.